The molecule has 0 atom stereocenters. The van der Waals surface area contributed by atoms with Crippen molar-refractivity contribution in [3.05, 3.63) is 102 Å². The molecule has 1 heterocycles. The van der Waals surface area contributed by atoms with Crippen molar-refractivity contribution in [1.82, 2.24) is 5.32 Å². The molecular weight excluding hydrogens is 448 g/mol. The van der Waals surface area contributed by atoms with Crippen LogP contribution in [-0.2, 0) is 26.7 Å². The normalized spacial score (nSPS) is 15.4. The molecule has 1 aliphatic heterocycles. The molecule has 0 saturated carbocycles. The van der Waals surface area contributed by atoms with Gasteiger partial charge in [-0.3, -0.25) is 9.10 Å². The van der Waals surface area contributed by atoms with Crippen LogP contribution in [0.1, 0.15) is 34.3 Å². The van der Waals surface area contributed by atoms with Crippen LogP contribution in [-0.4, -0.2) is 40.3 Å². The Morgan fingerprint density at radius 2 is 1.50 bits per heavy atom. The Morgan fingerprint density at radius 1 is 0.912 bits per heavy atom. The summed E-state index contributed by atoms with van der Waals surface area (Å²) in [6, 6.07) is 26.4. The fourth-order valence-electron chi connectivity index (χ4n) is 4.40. The Morgan fingerprint density at radius 3 is 2.09 bits per heavy atom. The molecule has 4 rings (SSSR count). The van der Waals surface area contributed by atoms with E-state index in [1.165, 1.54) is 16.1 Å². The number of anilines is 1. The Kier molecular flexibility index (Phi) is 7.34. The zero-order chi connectivity index (χ0) is 24.0. The Bertz CT molecular complexity index is 1190. The first kappa shape index (κ1) is 24.0. The standard InChI is InChI=1S/C27H30N2O4S/c1-34(31,32)29(20-22-8-4-2-5-9-22)25-14-12-23(13-15-25)26(30)28-21-27(16-18-33-19-17-27)24-10-6-3-7-11-24/h2-15H,16-21H2,1H3,(H,28,30). The van der Waals surface area contributed by atoms with E-state index in [9.17, 15) is 13.2 Å². The number of hydrogen-bond donors (Lipinski definition) is 1. The van der Waals surface area contributed by atoms with Gasteiger partial charge < -0.3 is 10.1 Å². The molecule has 0 spiro atoms. The van der Waals surface area contributed by atoms with E-state index in [-0.39, 0.29) is 17.9 Å². The SMILES string of the molecule is CS(=O)(=O)N(Cc1ccccc1)c1ccc(C(=O)NCC2(c3ccccc3)CCOCC2)cc1. The number of benzene rings is 3. The summed E-state index contributed by atoms with van der Waals surface area (Å²) >= 11 is 0. The van der Waals surface area contributed by atoms with Crippen molar-refractivity contribution in [2.45, 2.75) is 24.8 Å². The third kappa shape index (κ3) is 5.66. The van der Waals surface area contributed by atoms with E-state index in [0.717, 1.165) is 18.4 Å². The van der Waals surface area contributed by atoms with Gasteiger partial charge in [0.1, 0.15) is 0 Å². The van der Waals surface area contributed by atoms with Crippen LogP contribution in [0.2, 0.25) is 0 Å². The lowest BCUT2D eigenvalue weighted by Gasteiger charge is -2.38. The molecule has 1 aliphatic rings. The molecule has 0 bridgehead atoms. The lowest BCUT2D eigenvalue weighted by Crippen LogP contribution is -2.44. The van der Waals surface area contributed by atoms with Crippen LogP contribution in [0, 0.1) is 0 Å². The van der Waals surface area contributed by atoms with Gasteiger partial charge in [-0.2, -0.15) is 0 Å². The Hall–Kier alpha value is -3.16. The van der Waals surface area contributed by atoms with Gasteiger partial charge >= 0.3 is 0 Å². The van der Waals surface area contributed by atoms with Gasteiger partial charge in [0.05, 0.1) is 18.5 Å². The highest BCUT2D eigenvalue weighted by atomic mass is 32.2. The third-order valence-electron chi connectivity index (χ3n) is 6.41. The number of hydrogen-bond acceptors (Lipinski definition) is 4. The quantitative estimate of drug-likeness (QED) is 0.528. The van der Waals surface area contributed by atoms with Gasteiger partial charge in [0, 0.05) is 30.7 Å². The monoisotopic (exact) mass is 478 g/mol. The number of sulfonamides is 1. The van der Waals surface area contributed by atoms with Gasteiger partial charge in [-0.15, -0.1) is 0 Å². The molecule has 3 aromatic rings. The number of carbonyl (C=O) groups is 1. The summed E-state index contributed by atoms with van der Waals surface area (Å²) in [5, 5.41) is 3.10. The van der Waals surface area contributed by atoms with Crippen LogP contribution >= 0.6 is 0 Å². The van der Waals surface area contributed by atoms with Crippen molar-refractivity contribution in [2.75, 3.05) is 30.3 Å². The van der Waals surface area contributed by atoms with Crippen LogP contribution in [0.5, 0.6) is 0 Å². The summed E-state index contributed by atoms with van der Waals surface area (Å²) < 4.78 is 31.8. The molecule has 0 aliphatic carbocycles. The first-order chi connectivity index (χ1) is 16.4. The highest BCUT2D eigenvalue weighted by molar-refractivity contribution is 7.92. The van der Waals surface area contributed by atoms with E-state index in [0.29, 0.717) is 31.0 Å². The van der Waals surface area contributed by atoms with E-state index < -0.39 is 10.0 Å². The van der Waals surface area contributed by atoms with Crippen LogP contribution in [0.25, 0.3) is 0 Å². The first-order valence-corrected chi connectivity index (χ1v) is 13.3. The average molecular weight is 479 g/mol. The Balaban J connectivity index is 1.48. The zero-order valence-corrected chi connectivity index (χ0v) is 20.1. The molecule has 34 heavy (non-hydrogen) atoms. The minimum Gasteiger partial charge on any atom is -0.381 e. The van der Waals surface area contributed by atoms with Crippen LogP contribution in [0.15, 0.2) is 84.9 Å². The third-order valence-corrected chi connectivity index (χ3v) is 7.55. The number of ether oxygens (including phenoxy) is 1. The van der Waals surface area contributed by atoms with E-state index in [4.69, 9.17) is 4.74 Å². The molecule has 1 saturated heterocycles. The molecule has 0 aromatic heterocycles. The van der Waals surface area contributed by atoms with Gasteiger partial charge in [0.2, 0.25) is 10.0 Å². The highest BCUT2D eigenvalue weighted by Crippen LogP contribution is 2.34. The highest BCUT2D eigenvalue weighted by Gasteiger charge is 2.34. The van der Waals surface area contributed by atoms with E-state index in [2.05, 4.69) is 17.4 Å². The maximum Gasteiger partial charge on any atom is 0.251 e. The number of nitrogens with one attached hydrogen (secondary N) is 1. The van der Waals surface area contributed by atoms with Crippen molar-refractivity contribution < 1.29 is 17.9 Å². The topological polar surface area (TPSA) is 75.7 Å². The van der Waals surface area contributed by atoms with Crippen molar-refractivity contribution in [3.63, 3.8) is 0 Å². The second kappa shape index (κ2) is 10.4. The minimum absolute atomic E-state index is 0.155. The molecule has 3 aromatic carbocycles. The molecule has 1 fully saturated rings. The Labute approximate surface area is 201 Å². The van der Waals surface area contributed by atoms with Gasteiger partial charge in [0.15, 0.2) is 0 Å². The van der Waals surface area contributed by atoms with Gasteiger partial charge in [-0.05, 0) is 48.2 Å². The maximum atomic E-state index is 13.0. The molecular formula is C27H30N2O4S. The van der Waals surface area contributed by atoms with Crippen molar-refractivity contribution in [2.24, 2.45) is 0 Å². The van der Waals surface area contributed by atoms with Crippen molar-refractivity contribution in [1.29, 1.82) is 0 Å². The van der Waals surface area contributed by atoms with E-state index in [1.54, 1.807) is 24.3 Å². The number of nitrogens with zero attached hydrogens (tertiary/aromatic N) is 1. The summed E-state index contributed by atoms with van der Waals surface area (Å²) in [7, 11) is -3.49. The lowest BCUT2D eigenvalue weighted by atomic mass is 9.74. The molecule has 1 N–H and O–H groups in total. The van der Waals surface area contributed by atoms with E-state index in [1.807, 2.05) is 48.5 Å². The first-order valence-electron chi connectivity index (χ1n) is 11.4. The molecule has 1 amide bonds. The molecule has 0 radical (unpaired) electrons. The largest absolute Gasteiger partial charge is 0.381 e. The summed E-state index contributed by atoms with van der Waals surface area (Å²) in [5.74, 6) is -0.178. The molecule has 7 heteroatoms. The van der Waals surface area contributed by atoms with Gasteiger partial charge in [-0.25, -0.2) is 8.42 Å². The lowest BCUT2D eigenvalue weighted by molar-refractivity contribution is 0.0487. The fraction of sp³-hybridized carbons (Fsp3) is 0.296. The van der Waals surface area contributed by atoms with Gasteiger partial charge in [-0.1, -0.05) is 60.7 Å². The van der Waals surface area contributed by atoms with Crippen LogP contribution < -0.4 is 9.62 Å². The number of carbonyl (C=O) groups excluding carboxylic acids is 1. The van der Waals surface area contributed by atoms with Crippen LogP contribution in [0.3, 0.4) is 0 Å². The predicted molar refractivity (Wildman–Crippen MR) is 134 cm³/mol. The molecule has 6 nitrogen and oxygen atoms in total. The predicted octanol–water partition coefficient (Wildman–Crippen LogP) is 4.13. The summed E-state index contributed by atoms with van der Waals surface area (Å²) in [6.07, 6.45) is 2.88. The second-order valence-electron chi connectivity index (χ2n) is 8.74. The molecule has 0 unspecified atom stereocenters. The smallest absolute Gasteiger partial charge is 0.251 e. The van der Waals surface area contributed by atoms with Crippen molar-refractivity contribution >= 4 is 21.6 Å². The number of rotatable bonds is 8. The minimum atomic E-state index is -3.49. The zero-order valence-electron chi connectivity index (χ0n) is 19.3. The summed E-state index contributed by atoms with van der Waals surface area (Å²) in [6.45, 7) is 2.09. The fourth-order valence-corrected chi connectivity index (χ4v) is 5.29. The maximum absolute atomic E-state index is 13.0. The second-order valence-corrected chi connectivity index (χ2v) is 10.7. The van der Waals surface area contributed by atoms with E-state index >= 15 is 0 Å². The van der Waals surface area contributed by atoms with Crippen molar-refractivity contribution in [3.8, 4) is 0 Å². The number of amides is 1. The average Bonchev–Trinajstić information content (AvgIpc) is 2.87. The summed E-state index contributed by atoms with van der Waals surface area (Å²) in [5.41, 5.74) is 2.95. The summed E-state index contributed by atoms with van der Waals surface area (Å²) in [4.78, 5) is 13.0. The molecule has 178 valence electrons. The van der Waals surface area contributed by atoms with Gasteiger partial charge in [0.25, 0.3) is 5.91 Å². The van der Waals surface area contributed by atoms with Crippen LogP contribution in [0.4, 0.5) is 5.69 Å².